The van der Waals surface area contributed by atoms with Crippen LogP contribution in [0.5, 0.6) is 0 Å². The largest absolute Gasteiger partial charge is 0.511 e. The Balaban J connectivity index is 1.42. The van der Waals surface area contributed by atoms with Gasteiger partial charge in [-0.25, -0.2) is 14.6 Å². The average molecular weight is 624 g/mol. The van der Waals surface area contributed by atoms with Crippen molar-refractivity contribution in [2.45, 2.75) is 51.2 Å². The number of esters is 1. The fourth-order valence-corrected chi connectivity index (χ4v) is 5.83. The molecule has 0 aromatic carbocycles. The van der Waals surface area contributed by atoms with Crippen LogP contribution in [-0.4, -0.2) is 79.2 Å². The first-order valence-corrected chi connectivity index (χ1v) is 14.8. The third-order valence-corrected chi connectivity index (χ3v) is 7.76. The van der Waals surface area contributed by atoms with Crippen molar-refractivity contribution in [1.82, 2.24) is 24.8 Å². The van der Waals surface area contributed by atoms with Crippen LogP contribution in [0.4, 0.5) is 9.93 Å². The van der Waals surface area contributed by atoms with E-state index in [1.54, 1.807) is 36.8 Å². The molecule has 0 spiro atoms. The van der Waals surface area contributed by atoms with Gasteiger partial charge in [0.2, 0.25) is 6.29 Å². The van der Waals surface area contributed by atoms with Crippen molar-refractivity contribution in [3.8, 4) is 0 Å². The molecule has 2 aromatic rings. The van der Waals surface area contributed by atoms with Gasteiger partial charge < -0.3 is 30.1 Å². The number of β-lactam (4-membered cyclic amide) rings is 1. The number of fused-ring (bicyclic) bond motifs is 1. The van der Waals surface area contributed by atoms with E-state index in [1.807, 2.05) is 0 Å². The van der Waals surface area contributed by atoms with Gasteiger partial charge in [0.1, 0.15) is 23.3 Å². The molecule has 3 unspecified atom stereocenters. The molecule has 2 aliphatic rings. The Morgan fingerprint density at radius 2 is 2.02 bits per heavy atom. The van der Waals surface area contributed by atoms with Gasteiger partial charge >= 0.3 is 12.1 Å². The van der Waals surface area contributed by atoms with Crippen LogP contribution in [0.1, 0.15) is 32.2 Å². The number of ether oxygens (including phenoxy) is 3. The van der Waals surface area contributed by atoms with E-state index in [1.165, 1.54) is 34.9 Å². The lowest BCUT2D eigenvalue weighted by Crippen LogP contribution is -2.70. The second-order valence-corrected chi connectivity index (χ2v) is 11.2. The Morgan fingerprint density at radius 3 is 2.71 bits per heavy atom. The zero-order chi connectivity index (χ0) is 29.5. The van der Waals surface area contributed by atoms with Gasteiger partial charge in [0.25, 0.3) is 11.8 Å². The molecular formula is C23H25N7O8S3. The molecule has 18 heteroatoms. The third-order valence-electron chi connectivity index (χ3n) is 5.21. The van der Waals surface area contributed by atoms with Crippen molar-refractivity contribution in [2.75, 3.05) is 11.5 Å². The summed E-state index contributed by atoms with van der Waals surface area (Å²) in [4.78, 5) is 60.8. The molecule has 4 rings (SSSR count). The minimum Gasteiger partial charge on any atom is -0.431 e. The lowest BCUT2D eigenvalue weighted by molar-refractivity contribution is -0.169. The summed E-state index contributed by atoms with van der Waals surface area (Å²) in [5, 5.41) is 13.3. The summed E-state index contributed by atoms with van der Waals surface area (Å²) in [7, 11) is 0. The molecule has 2 aliphatic heterocycles. The highest BCUT2D eigenvalue weighted by atomic mass is 32.2. The zero-order valence-electron chi connectivity index (χ0n) is 21.9. The van der Waals surface area contributed by atoms with Crippen LogP contribution in [0.15, 0.2) is 33.3 Å². The van der Waals surface area contributed by atoms with E-state index in [4.69, 9.17) is 24.8 Å². The molecule has 2 aromatic heterocycles. The lowest BCUT2D eigenvalue weighted by atomic mass is 10.0. The predicted octanol–water partition coefficient (Wildman–Crippen LogP) is 1.90. The number of amides is 2. The Hall–Kier alpha value is -4.03. The molecule has 1 fully saturated rings. The number of thioether (sulfide) groups is 1. The Morgan fingerprint density at radius 1 is 1.22 bits per heavy atom. The predicted molar refractivity (Wildman–Crippen MR) is 149 cm³/mol. The van der Waals surface area contributed by atoms with Crippen LogP contribution in [0.2, 0.25) is 0 Å². The highest BCUT2D eigenvalue weighted by Crippen LogP contribution is 2.41. The maximum Gasteiger partial charge on any atom is 0.511 e. The van der Waals surface area contributed by atoms with Gasteiger partial charge in [0.15, 0.2) is 11.7 Å². The van der Waals surface area contributed by atoms with Gasteiger partial charge in [0, 0.05) is 23.4 Å². The molecule has 0 saturated carbocycles. The van der Waals surface area contributed by atoms with Crippen LogP contribution in [0.25, 0.3) is 6.08 Å². The number of anilines is 1. The number of carbonyl (C=O) groups is 4. The first-order chi connectivity index (χ1) is 19.6. The molecule has 0 radical (unpaired) electrons. The van der Waals surface area contributed by atoms with Crippen LogP contribution < -0.4 is 11.1 Å². The minimum absolute atomic E-state index is 0.0208. The van der Waals surface area contributed by atoms with Crippen LogP contribution in [0.3, 0.4) is 0 Å². The van der Waals surface area contributed by atoms with Crippen molar-refractivity contribution in [2.24, 2.45) is 5.16 Å². The summed E-state index contributed by atoms with van der Waals surface area (Å²) in [5.41, 5.74) is 7.11. The quantitative estimate of drug-likeness (QED) is 0.121. The van der Waals surface area contributed by atoms with Crippen molar-refractivity contribution in [3.63, 3.8) is 0 Å². The smallest absolute Gasteiger partial charge is 0.431 e. The molecule has 4 heterocycles. The third kappa shape index (κ3) is 7.80. The van der Waals surface area contributed by atoms with Gasteiger partial charge in [-0.2, -0.15) is 0 Å². The summed E-state index contributed by atoms with van der Waals surface area (Å²) >= 11 is 3.74. The minimum atomic E-state index is -1.30. The molecule has 0 bridgehead atoms. The van der Waals surface area contributed by atoms with Gasteiger partial charge in [0.05, 0.1) is 17.5 Å². The van der Waals surface area contributed by atoms with Crippen molar-refractivity contribution in [3.05, 3.63) is 39.5 Å². The number of carbonyl (C=O) groups excluding carboxylic acids is 4. The highest BCUT2D eigenvalue weighted by molar-refractivity contribution is 8.00. The van der Waals surface area contributed by atoms with Crippen molar-refractivity contribution in [1.29, 1.82) is 0 Å². The van der Waals surface area contributed by atoms with Gasteiger partial charge in [-0.3, -0.25) is 14.5 Å². The molecule has 3 N–H and O–H groups in total. The van der Waals surface area contributed by atoms with Crippen molar-refractivity contribution >= 4 is 76.0 Å². The summed E-state index contributed by atoms with van der Waals surface area (Å²) in [6, 6.07) is -0.928. The summed E-state index contributed by atoms with van der Waals surface area (Å²) in [6.45, 7) is 4.65. The molecule has 218 valence electrons. The number of nitrogen functional groups attached to an aromatic ring is 1. The molecule has 3 atom stereocenters. The fourth-order valence-electron chi connectivity index (χ4n) is 3.54. The Bertz CT molecular complexity index is 1370. The number of thiazole rings is 1. The van der Waals surface area contributed by atoms with Crippen LogP contribution in [0, 0.1) is 0 Å². The Kier molecular flexibility index (Phi) is 9.90. The van der Waals surface area contributed by atoms with Gasteiger partial charge in [-0.05, 0) is 37.0 Å². The maximum atomic E-state index is 13.2. The van der Waals surface area contributed by atoms with Crippen LogP contribution >= 0.6 is 34.6 Å². The van der Waals surface area contributed by atoms with E-state index in [2.05, 4.69) is 25.0 Å². The van der Waals surface area contributed by atoms with E-state index in [9.17, 15) is 19.2 Å². The van der Waals surface area contributed by atoms with E-state index in [0.717, 1.165) is 17.7 Å². The maximum absolute atomic E-state index is 13.2. The topological polar surface area (TPSA) is 198 Å². The fraction of sp³-hybridized carbons (Fsp3) is 0.391. The summed E-state index contributed by atoms with van der Waals surface area (Å²) in [6.07, 6.45) is 1.44. The zero-order valence-corrected chi connectivity index (χ0v) is 24.4. The average Bonchev–Trinajstić information content (AvgIpc) is 3.58. The first-order valence-electron chi connectivity index (χ1n) is 12.0. The molecule has 15 nitrogen and oxygen atoms in total. The van der Waals surface area contributed by atoms with Gasteiger partial charge in [-0.1, -0.05) is 15.7 Å². The number of hydrogen-bond acceptors (Lipinski definition) is 16. The van der Waals surface area contributed by atoms with Crippen LogP contribution in [-0.2, 0) is 40.0 Å². The monoisotopic (exact) mass is 623 g/mol. The second kappa shape index (κ2) is 13.6. The number of nitrogens with two attached hydrogens (primary N) is 1. The first kappa shape index (κ1) is 29.9. The Labute approximate surface area is 245 Å². The van der Waals surface area contributed by atoms with E-state index >= 15 is 0 Å². The SMILES string of the molecule is CC(C)OC(=O)OC(C)OC(=O)C1=C(/C=C\c2csnn2)CSC2C(NC(=O)/C=N\OCc3csc(N)n3)C(=O)N12. The van der Waals surface area contributed by atoms with E-state index in [0.29, 0.717) is 27.8 Å². The number of nitrogens with zero attached hydrogens (tertiary/aromatic N) is 5. The highest BCUT2D eigenvalue weighted by Gasteiger charge is 2.54. The van der Waals surface area contributed by atoms with Gasteiger partial charge in [-0.15, -0.1) is 28.2 Å². The second-order valence-electron chi connectivity index (χ2n) is 8.63. The number of nitrogens with one attached hydrogen (secondary N) is 1. The summed E-state index contributed by atoms with van der Waals surface area (Å²) < 4.78 is 19.0. The summed E-state index contributed by atoms with van der Waals surface area (Å²) in [5.74, 6) is -1.80. The number of hydrogen-bond donors (Lipinski definition) is 2. The number of rotatable bonds is 11. The lowest BCUT2D eigenvalue weighted by Gasteiger charge is -2.49. The molecule has 41 heavy (non-hydrogen) atoms. The normalized spacial score (nSPS) is 19.2. The van der Waals surface area contributed by atoms with Crippen molar-refractivity contribution < 1.29 is 38.2 Å². The number of oxime groups is 1. The number of aromatic nitrogens is 3. The number of allylic oxidation sites excluding steroid dienone is 1. The van der Waals surface area contributed by atoms with E-state index < -0.39 is 47.7 Å². The molecule has 0 aliphatic carbocycles. The molecule has 1 saturated heterocycles. The van der Waals surface area contributed by atoms with E-state index in [-0.39, 0.29) is 12.3 Å². The standard InChI is InChI=1S/C23H25N7O8S3/c1-11(2)36-23(34)38-12(3)37-21(33)18-13(4-5-14-10-41-29-28-14)8-39-20-17(19(32)30(18)20)27-16(31)6-25-35-7-15-9-40-22(24)26-15/h4-6,9-12,17,20H,7-8H2,1-3H3,(H2,24,26)(H,27,31)/b5-4-,25-6-. The molecule has 2 amide bonds. The molecular weight excluding hydrogens is 598 g/mol.